The summed E-state index contributed by atoms with van der Waals surface area (Å²) in [4.78, 5) is 25.4. The van der Waals surface area contributed by atoms with Crippen molar-refractivity contribution in [3.05, 3.63) is 60.8 Å². The number of aliphatic hydroxyl groups is 1. The van der Waals surface area contributed by atoms with E-state index in [1.54, 1.807) is 6.08 Å². The molecule has 0 aromatic carbocycles. The minimum absolute atomic E-state index is 0.00613. The van der Waals surface area contributed by atoms with Crippen molar-refractivity contribution in [2.45, 2.75) is 302 Å². The Labute approximate surface area is 453 Å². The number of carbonyl (C=O) groups is 1. The van der Waals surface area contributed by atoms with Crippen molar-refractivity contribution in [2.75, 3.05) is 40.9 Å². The minimum Gasteiger partial charge on any atom is -0.756 e. The molecule has 0 aliphatic rings. The number of nitrogens with one attached hydrogen (secondary N) is 1. The normalized spacial score (nSPS) is 14.2. The standard InChI is InChI=1S/C64H121N2O6P/c1-6-8-10-12-14-16-18-19-20-21-22-23-24-25-26-27-28-29-30-31-32-33-34-35-36-37-38-39-40-41-42-43-44-45-46-47-48-50-52-54-56-58-64(68)65-62(61-72-73(69,70)71-60-59-66(3,4)5)63(67)57-55-53-51-49-17-15-13-11-9-7-2/h17-19,21-22,24-25,49,55,57,62-63,67H,6-16,20,23,26-48,50-54,56,58-61H2,1-5H3,(H-,65,68,69,70)/b19-18-,22-21-,25-24-,49-17+,57-55+. The maximum Gasteiger partial charge on any atom is 0.268 e. The first kappa shape index (κ1) is 71.2. The average Bonchev–Trinajstić information content (AvgIpc) is 3.35. The van der Waals surface area contributed by atoms with Crippen LogP contribution < -0.4 is 10.2 Å². The average molecular weight is 1050 g/mol. The van der Waals surface area contributed by atoms with E-state index >= 15 is 0 Å². The molecule has 0 aromatic heterocycles. The lowest BCUT2D eigenvalue weighted by atomic mass is 10.0. The number of carbonyl (C=O) groups excluding carboxylic acids is 1. The second-order valence-electron chi connectivity index (χ2n) is 22.4. The highest BCUT2D eigenvalue weighted by Gasteiger charge is 2.23. The van der Waals surface area contributed by atoms with Gasteiger partial charge in [0.1, 0.15) is 13.2 Å². The lowest BCUT2D eigenvalue weighted by Crippen LogP contribution is -2.45. The van der Waals surface area contributed by atoms with Crippen LogP contribution in [0.25, 0.3) is 0 Å². The number of hydrogen-bond donors (Lipinski definition) is 2. The Morgan fingerprint density at radius 3 is 1.22 bits per heavy atom. The van der Waals surface area contributed by atoms with Crippen LogP contribution in [0.5, 0.6) is 0 Å². The van der Waals surface area contributed by atoms with Gasteiger partial charge in [0.15, 0.2) is 0 Å². The third-order valence-corrected chi connectivity index (χ3v) is 14.9. The van der Waals surface area contributed by atoms with Gasteiger partial charge in [-0.3, -0.25) is 9.36 Å². The predicted molar refractivity (Wildman–Crippen MR) is 316 cm³/mol. The zero-order valence-corrected chi connectivity index (χ0v) is 49.7. The summed E-state index contributed by atoms with van der Waals surface area (Å²) in [7, 11) is 1.25. The van der Waals surface area contributed by atoms with Gasteiger partial charge in [-0.1, -0.05) is 274 Å². The van der Waals surface area contributed by atoms with Gasteiger partial charge in [-0.15, -0.1) is 0 Å². The predicted octanol–water partition coefficient (Wildman–Crippen LogP) is 18.6. The lowest BCUT2D eigenvalue weighted by Gasteiger charge is -2.29. The number of rotatable bonds is 57. The Morgan fingerprint density at radius 2 is 0.808 bits per heavy atom. The number of allylic oxidation sites excluding steroid dienone is 9. The SMILES string of the molecule is CCCCCC/C=C/CC/C=C/C(O)C(COP(=O)([O-])OCC[N+](C)(C)C)NC(=O)CCCCCCCCCCCCCCCCCCCCCCCCCCCC/C=C\C/C=C\C/C=C\CCCCCCC. The Hall–Kier alpha value is -1.80. The third kappa shape index (κ3) is 57.7. The van der Waals surface area contributed by atoms with Gasteiger partial charge in [0.05, 0.1) is 39.9 Å². The quantitative estimate of drug-likeness (QED) is 0.0272. The fourth-order valence-corrected chi connectivity index (χ4v) is 9.78. The summed E-state index contributed by atoms with van der Waals surface area (Å²) in [6, 6.07) is -0.901. The first-order chi connectivity index (χ1) is 35.5. The number of amides is 1. The third-order valence-electron chi connectivity index (χ3n) is 13.9. The molecule has 73 heavy (non-hydrogen) atoms. The fraction of sp³-hybridized carbons (Fsp3) is 0.828. The van der Waals surface area contributed by atoms with Crippen LogP contribution >= 0.6 is 7.82 Å². The fourth-order valence-electron chi connectivity index (χ4n) is 9.06. The van der Waals surface area contributed by atoms with Crippen LogP contribution in [-0.4, -0.2) is 68.5 Å². The highest BCUT2D eigenvalue weighted by atomic mass is 31.2. The van der Waals surface area contributed by atoms with Gasteiger partial charge in [0.2, 0.25) is 5.91 Å². The molecule has 0 aliphatic heterocycles. The van der Waals surface area contributed by atoms with E-state index < -0.39 is 26.6 Å². The van der Waals surface area contributed by atoms with Crippen molar-refractivity contribution < 1.29 is 32.9 Å². The summed E-state index contributed by atoms with van der Waals surface area (Å²) in [5.74, 6) is -0.206. The van der Waals surface area contributed by atoms with Crippen LogP contribution in [0.3, 0.4) is 0 Å². The molecule has 2 N–H and O–H groups in total. The monoisotopic (exact) mass is 1040 g/mol. The molecule has 0 bridgehead atoms. The van der Waals surface area contributed by atoms with Gasteiger partial charge in [-0.25, -0.2) is 0 Å². The molecule has 0 saturated carbocycles. The Balaban J connectivity index is 3.80. The Bertz CT molecular complexity index is 1370. The lowest BCUT2D eigenvalue weighted by molar-refractivity contribution is -0.870. The Morgan fingerprint density at radius 1 is 0.479 bits per heavy atom. The number of phosphoric ester groups is 1. The molecule has 3 atom stereocenters. The van der Waals surface area contributed by atoms with E-state index in [9.17, 15) is 19.4 Å². The summed E-state index contributed by atoms with van der Waals surface area (Å²) in [6.07, 6.45) is 75.0. The van der Waals surface area contributed by atoms with Gasteiger partial charge in [-0.05, 0) is 70.6 Å². The maximum absolute atomic E-state index is 12.9. The summed E-state index contributed by atoms with van der Waals surface area (Å²) < 4.78 is 23.2. The summed E-state index contributed by atoms with van der Waals surface area (Å²) >= 11 is 0. The van der Waals surface area contributed by atoms with Crippen LogP contribution in [-0.2, 0) is 18.4 Å². The molecule has 8 nitrogen and oxygen atoms in total. The molecule has 1 amide bonds. The molecular weight excluding hydrogens is 924 g/mol. The molecular formula is C64H121N2O6P. The van der Waals surface area contributed by atoms with E-state index in [0.717, 1.165) is 51.4 Å². The second-order valence-corrected chi connectivity index (χ2v) is 23.8. The molecule has 9 heteroatoms. The number of phosphoric acid groups is 1. The van der Waals surface area contributed by atoms with E-state index in [-0.39, 0.29) is 12.5 Å². The Kier molecular flexibility index (Phi) is 53.6. The number of nitrogens with zero attached hydrogens (tertiary/aromatic N) is 1. The first-order valence-electron chi connectivity index (χ1n) is 31.2. The highest BCUT2D eigenvalue weighted by molar-refractivity contribution is 7.45. The van der Waals surface area contributed by atoms with Crippen LogP contribution in [0.2, 0.25) is 0 Å². The molecule has 0 fully saturated rings. The number of quaternary nitrogens is 1. The van der Waals surface area contributed by atoms with E-state index in [1.807, 2.05) is 27.2 Å². The molecule has 0 saturated heterocycles. The molecule has 0 aromatic rings. The maximum atomic E-state index is 12.9. The van der Waals surface area contributed by atoms with Crippen LogP contribution in [0.1, 0.15) is 290 Å². The van der Waals surface area contributed by atoms with E-state index in [4.69, 9.17) is 9.05 Å². The largest absolute Gasteiger partial charge is 0.756 e. The van der Waals surface area contributed by atoms with Crippen LogP contribution in [0.4, 0.5) is 0 Å². The molecule has 0 radical (unpaired) electrons. The van der Waals surface area contributed by atoms with Crippen molar-refractivity contribution in [1.82, 2.24) is 5.32 Å². The molecule has 0 aliphatic carbocycles. The smallest absolute Gasteiger partial charge is 0.268 e. The summed E-state index contributed by atoms with van der Waals surface area (Å²) in [5, 5.41) is 13.8. The van der Waals surface area contributed by atoms with E-state index in [0.29, 0.717) is 17.4 Å². The van der Waals surface area contributed by atoms with Crippen LogP contribution in [0, 0.1) is 0 Å². The molecule has 3 unspecified atom stereocenters. The molecule has 0 heterocycles. The number of hydrogen-bond acceptors (Lipinski definition) is 6. The van der Waals surface area contributed by atoms with Crippen molar-refractivity contribution in [2.24, 2.45) is 0 Å². The number of likely N-dealkylation sites (N-methyl/N-ethyl adjacent to an activating group) is 1. The number of unbranched alkanes of at least 4 members (excludes halogenated alkanes) is 36. The molecule has 0 rings (SSSR count). The summed E-state index contributed by atoms with van der Waals surface area (Å²) in [5.41, 5.74) is 0. The number of aliphatic hydroxyl groups excluding tert-OH is 1. The van der Waals surface area contributed by atoms with Gasteiger partial charge in [0, 0.05) is 6.42 Å². The second kappa shape index (κ2) is 55.0. The zero-order chi connectivity index (χ0) is 53.5. The van der Waals surface area contributed by atoms with Crippen molar-refractivity contribution in [3.63, 3.8) is 0 Å². The zero-order valence-electron chi connectivity index (χ0n) is 48.8. The molecule has 428 valence electrons. The van der Waals surface area contributed by atoms with Crippen molar-refractivity contribution in [1.29, 1.82) is 0 Å². The van der Waals surface area contributed by atoms with E-state index in [1.165, 1.54) is 218 Å². The molecule has 0 spiro atoms. The van der Waals surface area contributed by atoms with Gasteiger partial charge >= 0.3 is 0 Å². The van der Waals surface area contributed by atoms with Gasteiger partial charge in [-0.2, -0.15) is 0 Å². The van der Waals surface area contributed by atoms with Gasteiger partial charge in [0.25, 0.3) is 7.82 Å². The van der Waals surface area contributed by atoms with Crippen LogP contribution in [0.15, 0.2) is 60.8 Å². The van der Waals surface area contributed by atoms with E-state index in [2.05, 4.69) is 67.8 Å². The topological polar surface area (TPSA) is 108 Å². The van der Waals surface area contributed by atoms with Crippen molar-refractivity contribution >= 4 is 13.7 Å². The van der Waals surface area contributed by atoms with Crippen molar-refractivity contribution in [3.8, 4) is 0 Å². The summed E-state index contributed by atoms with van der Waals surface area (Å²) in [6.45, 7) is 4.59. The highest BCUT2D eigenvalue weighted by Crippen LogP contribution is 2.38. The first-order valence-corrected chi connectivity index (χ1v) is 32.6. The minimum atomic E-state index is -4.60. The van der Waals surface area contributed by atoms with Gasteiger partial charge < -0.3 is 28.8 Å².